The molecule has 0 aromatic rings. The normalized spacial score (nSPS) is 44.6. The van der Waals surface area contributed by atoms with Gasteiger partial charge in [0, 0.05) is 11.8 Å². The predicted octanol–water partition coefficient (Wildman–Crippen LogP) is 12.9. The van der Waals surface area contributed by atoms with Gasteiger partial charge in [0.25, 0.3) is 0 Å². The van der Waals surface area contributed by atoms with E-state index in [4.69, 9.17) is 9.47 Å². The number of rotatable bonds is 2. The lowest BCUT2D eigenvalue weighted by atomic mass is 9.45. The van der Waals surface area contributed by atoms with E-state index in [9.17, 15) is 0 Å². The molecule has 4 aliphatic carbocycles. The first-order valence-electron chi connectivity index (χ1n) is 18.4. The van der Waals surface area contributed by atoms with Crippen molar-refractivity contribution in [3.05, 3.63) is 48.0 Å². The summed E-state index contributed by atoms with van der Waals surface area (Å²) in [5, 5.41) is 0. The Hall–Kier alpha value is -1.44. The molecule has 2 nitrogen and oxygen atoms in total. The lowest BCUT2D eigenvalue weighted by molar-refractivity contribution is -0.137. The van der Waals surface area contributed by atoms with Crippen molar-refractivity contribution < 1.29 is 9.47 Å². The average Bonchev–Trinajstić information content (AvgIpc) is 3.26. The first kappa shape index (κ1) is 36.4. The molecule has 6 rings (SSSR count). The largest absolute Gasteiger partial charge is 0.487 e. The van der Waals surface area contributed by atoms with E-state index in [1.54, 1.807) is 0 Å². The molecule has 0 radical (unpaired) electrons. The molecular weight excluding hydrogens is 548 g/mol. The second-order valence-corrected chi connectivity index (χ2v) is 19.2. The standard InChI is InChI=1S/2C21H34O.CH4/c2*1-14(2)13-16-15(3)22-21(7)12-9-17-19(4,5)10-8-11-20(17,6)18(16)21;/h2*13-14,17-18H,3,8-12H2,1-2,4-7H3;1H4/b2*16-13+;/t2*17-,18+,20-,21+;/m10./s1. The van der Waals surface area contributed by atoms with Gasteiger partial charge in [-0.05, 0) is 122 Å². The van der Waals surface area contributed by atoms with E-state index >= 15 is 0 Å². The Morgan fingerprint density at radius 2 is 0.911 bits per heavy atom. The van der Waals surface area contributed by atoms with Crippen molar-refractivity contribution in [2.24, 2.45) is 57.2 Å². The van der Waals surface area contributed by atoms with Crippen molar-refractivity contribution in [2.75, 3.05) is 0 Å². The monoisotopic (exact) mass is 621 g/mol. The summed E-state index contributed by atoms with van der Waals surface area (Å²) >= 11 is 0. The molecule has 0 amide bonds. The van der Waals surface area contributed by atoms with E-state index in [1.807, 2.05) is 0 Å². The molecule has 6 aliphatic rings. The van der Waals surface area contributed by atoms with Gasteiger partial charge >= 0.3 is 0 Å². The maximum atomic E-state index is 6.39. The average molecular weight is 621 g/mol. The van der Waals surface area contributed by atoms with Crippen LogP contribution < -0.4 is 0 Å². The van der Waals surface area contributed by atoms with Crippen molar-refractivity contribution in [3.63, 3.8) is 0 Å². The molecule has 0 unspecified atom stereocenters. The molecule has 6 fully saturated rings. The van der Waals surface area contributed by atoms with Crippen LogP contribution in [0.3, 0.4) is 0 Å². The Morgan fingerprint density at radius 1 is 0.578 bits per heavy atom. The Morgan fingerprint density at radius 3 is 1.22 bits per heavy atom. The van der Waals surface area contributed by atoms with Gasteiger partial charge in [-0.2, -0.15) is 0 Å². The van der Waals surface area contributed by atoms with Gasteiger partial charge in [-0.15, -0.1) is 0 Å². The quantitative estimate of drug-likeness (QED) is 0.306. The highest BCUT2D eigenvalue weighted by Crippen LogP contribution is 2.69. The Balaban J connectivity index is 0.000000200. The van der Waals surface area contributed by atoms with Crippen LogP contribution >= 0.6 is 0 Å². The molecule has 0 N–H and O–H groups in total. The van der Waals surface area contributed by atoms with Crippen LogP contribution in [0, 0.1) is 57.2 Å². The fourth-order valence-electron chi connectivity index (χ4n) is 12.7. The van der Waals surface area contributed by atoms with Gasteiger partial charge < -0.3 is 9.47 Å². The predicted molar refractivity (Wildman–Crippen MR) is 194 cm³/mol. The van der Waals surface area contributed by atoms with Gasteiger partial charge in [-0.3, -0.25) is 0 Å². The molecule has 2 saturated heterocycles. The molecular formula is C43H72O2. The van der Waals surface area contributed by atoms with Crippen molar-refractivity contribution >= 4 is 0 Å². The number of hydrogen-bond acceptors (Lipinski definition) is 2. The Labute approximate surface area is 280 Å². The van der Waals surface area contributed by atoms with Crippen LogP contribution in [-0.2, 0) is 9.47 Å². The van der Waals surface area contributed by atoms with Gasteiger partial charge in [-0.25, -0.2) is 0 Å². The van der Waals surface area contributed by atoms with Crippen LogP contribution in [0.4, 0.5) is 0 Å². The van der Waals surface area contributed by atoms with Gasteiger partial charge in [0.05, 0.1) is 0 Å². The second kappa shape index (κ2) is 11.9. The van der Waals surface area contributed by atoms with Crippen LogP contribution in [0.2, 0.25) is 0 Å². The van der Waals surface area contributed by atoms with Crippen LogP contribution in [-0.4, -0.2) is 11.2 Å². The highest BCUT2D eigenvalue weighted by atomic mass is 16.5. The summed E-state index contributed by atoms with van der Waals surface area (Å²) in [5.74, 6) is 5.66. The van der Waals surface area contributed by atoms with Gasteiger partial charge in [0.2, 0.25) is 0 Å². The van der Waals surface area contributed by atoms with Crippen molar-refractivity contribution in [3.8, 4) is 0 Å². The highest BCUT2D eigenvalue weighted by molar-refractivity contribution is 5.39. The van der Waals surface area contributed by atoms with E-state index in [0.29, 0.717) is 45.3 Å². The van der Waals surface area contributed by atoms with Crippen LogP contribution in [0.15, 0.2) is 48.0 Å². The van der Waals surface area contributed by atoms with Crippen molar-refractivity contribution in [2.45, 2.75) is 166 Å². The summed E-state index contributed by atoms with van der Waals surface area (Å²) in [5.41, 5.74) is 4.41. The summed E-state index contributed by atoms with van der Waals surface area (Å²) in [6, 6.07) is 0. The maximum Gasteiger partial charge on any atom is 0.116 e. The molecule has 0 aromatic carbocycles. The van der Waals surface area contributed by atoms with E-state index < -0.39 is 0 Å². The molecule has 0 aromatic heterocycles. The summed E-state index contributed by atoms with van der Waals surface area (Å²) in [6.07, 6.45) is 18.0. The van der Waals surface area contributed by atoms with Gasteiger partial charge in [0.1, 0.15) is 22.7 Å². The summed E-state index contributed by atoms with van der Waals surface area (Å²) in [6.45, 7) is 37.4. The van der Waals surface area contributed by atoms with Gasteiger partial charge in [-0.1, -0.05) is 115 Å². The topological polar surface area (TPSA) is 18.5 Å². The molecule has 2 heteroatoms. The minimum absolute atomic E-state index is 0. The smallest absolute Gasteiger partial charge is 0.116 e. The number of hydrogen-bond donors (Lipinski definition) is 0. The summed E-state index contributed by atoms with van der Waals surface area (Å²) < 4.78 is 12.8. The molecule has 2 aliphatic heterocycles. The van der Waals surface area contributed by atoms with E-state index in [0.717, 1.165) is 23.4 Å². The van der Waals surface area contributed by atoms with E-state index in [2.05, 4.69) is 108 Å². The fourth-order valence-corrected chi connectivity index (χ4v) is 12.7. The molecule has 2 heterocycles. The molecule has 256 valence electrons. The molecule has 0 spiro atoms. The Kier molecular flexibility index (Phi) is 9.63. The lowest BCUT2D eigenvalue weighted by Crippen LogP contribution is -2.56. The lowest BCUT2D eigenvalue weighted by Gasteiger charge is -2.60. The third-order valence-electron chi connectivity index (χ3n) is 14.0. The van der Waals surface area contributed by atoms with Gasteiger partial charge in [0.15, 0.2) is 0 Å². The first-order chi connectivity index (χ1) is 20.2. The van der Waals surface area contributed by atoms with Crippen molar-refractivity contribution in [1.29, 1.82) is 0 Å². The summed E-state index contributed by atoms with van der Waals surface area (Å²) in [4.78, 5) is 0. The number of allylic oxidation sites excluding steroid dienone is 4. The zero-order chi connectivity index (χ0) is 32.7. The van der Waals surface area contributed by atoms with Crippen LogP contribution in [0.25, 0.3) is 0 Å². The zero-order valence-electron chi connectivity index (χ0n) is 30.9. The van der Waals surface area contributed by atoms with Crippen LogP contribution in [0.5, 0.6) is 0 Å². The van der Waals surface area contributed by atoms with E-state index in [-0.39, 0.29) is 18.6 Å². The van der Waals surface area contributed by atoms with Crippen molar-refractivity contribution in [1.82, 2.24) is 0 Å². The minimum Gasteiger partial charge on any atom is -0.487 e. The van der Waals surface area contributed by atoms with Crippen LogP contribution in [0.1, 0.15) is 155 Å². The molecule has 4 saturated carbocycles. The minimum atomic E-state index is -0.0313. The molecule has 8 atom stereocenters. The first-order valence-corrected chi connectivity index (χ1v) is 18.4. The zero-order valence-corrected chi connectivity index (χ0v) is 30.9. The fraction of sp³-hybridized carbons (Fsp3) is 0.814. The Bertz CT molecular complexity index is 1120. The molecule has 45 heavy (non-hydrogen) atoms. The van der Waals surface area contributed by atoms with E-state index in [1.165, 1.54) is 75.4 Å². The highest BCUT2D eigenvalue weighted by Gasteiger charge is 2.64. The second-order valence-electron chi connectivity index (χ2n) is 19.2. The third-order valence-corrected chi connectivity index (χ3v) is 14.0. The maximum absolute atomic E-state index is 6.39. The summed E-state index contributed by atoms with van der Waals surface area (Å²) in [7, 11) is 0. The molecule has 0 bridgehead atoms. The third kappa shape index (κ3) is 5.94. The number of ether oxygens (including phenoxy) is 2. The number of fused-ring (bicyclic) bond motifs is 6. The SMILES string of the molecule is C.C=C1O[C@@]2(C)CC[C@@H]3C(C)(C)CCC[C@@]3(C)[C@@H]2/C1=C/C(C)C.C=C1O[C@]2(C)CC[C@H]3C(C)(C)CCC[C@]3(C)[C@H]2/C1=C/C(C)C.